The second-order valence-corrected chi connectivity index (χ2v) is 10.4. The summed E-state index contributed by atoms with van der Waals surface area (Å²) in [5, 5.41) is 0. The molecule has 1 unspecified atom stereocenters. The van der Waals surface area contributed by atoms with Gasteiger partial charge in [-0.3, -0.25) is 0 Å². The molecular formula is C14H20N2O4S2. The second-order valence-electron chi connectivity index (χ2n) is 6.32. The number of nitrogen functional groups attached to an aromatic ring is 1. The van der Waals surface area contributed by atoms with Crippen molar-refractivity contribution in [3.63, 3.8) is 0 Å². The lowest BCUT2D eigenvalue weighted by atomic mass is 9.80. The fourth-order valence-electron chi connectivity index (χ4n) is 3.53. The normalized spacial score (nSPS) is 28.9. The summed E-state index contributed by atoms with van der Waals surface area (Å²) in [6.07, 6.45) is 2.00. The van der Waals surface area contributed by atoms with E-state index in [1.54, 1.807) is 18.2 Å². The average Bonchev–Trinajstić information content (AvgIpc) is 2.74. The SMILES string of the molecule is Nc1ccccc1S(=O)(=O)N1CCCC2(CCS(=O)(=O)C2)C1. The summed E-state index contributed by atoms with van der Waals surface area (Å²) in [4.78, 5) is 0.105. The molecule has 22 heavy (non-hydrogen) atoms. The molecule has 0 saturated carbocycles. The summed E-state index contributed by atoms with van der Waals surface area (Å²) < 4.78 is 50.6. The van der Waals surface area contributed by atoms with Crippen LogP contribution in [0.3, 0.4) is 0 Å². The van der Waals surface area contributed by atoms with Crippen molar-refractivity contribution in [2.45, 2.75) is 24.2 Å². The first-order valence-electron chi connectivity index (χ1n) is 7.29. The van der Waals surface area contributed by atoms with Crippen molar-refractivity contribution in [1.29, 1.82) is 0 Å². The quantitative estimate of drug-likeness (QED) is 0.803. The van der Waals surface area contributed by atoms with Gasteiger partial charge in [0.25, 0.3) is 0 Å². The molecule has 2 N–H and O–H groups in total. The number of hydrogen-bond donors (Lipinski definition) is 1. The molecule has 0 radical (unpaired) electrons. The van der Waals surface area contributed by atoms with E-state index in [0.29, 0.717) is 19.4 Å². The fraction of sp³-hybridized carbons (Fsp3) is 0.571. The maximum atomic E-state index is 12.8. The number of piperidine rings is 1. The van der Waals surface area contributed by atoms with Crippen molar-refractivity contribution in [3.05, 3.63) is 24.3 Å². The number of para-hydroxylation sites is 1. The van der Waals surface area contributed by atoms with E-state index in [1.807, 2.05) is 0 Å². The van der Waals surface area contributed by atoms with E-state index < -0.39 is 25.3 Å². The van der Waals surface area contributed by atoms with Gasteiger partial charge in [-0.2, -0.15) is 4.31 Å². The molecular weight excluding hydrogens is 324 g/mol. The van der Waals surface area contributed by atoms with Crippen LogP contribution in [-0.4, -0.2) is 45.7 Å². The lowest BCUT2D eigenvalue weighted by Crippen LogP contribution is -2.46. The van der Waals surface area contributed by atoms with Gasteiger partial charge >= 0.3 is 0 Å². The van der Waals surface area contributed by atoms with Crippen LogP contribution in [0.1, 0.15) is 19.3 Å². The third-order valence-electron chi connectivity index (χ3n) is 4.63. The molecule has 3 rings (SSSR count). The van der Waals surface area contributed by atoms with E-state index in [-0.39, 0.29) is 28.6 Å². The number of nitrogens with two attached hydrogens (primary N) is 1. The van der Waals surface area contributed by atoms with E-state index in [0.717, 1.165) is 6.42 Å². The topological polar surface area (TPSA) is 97.5 Å². The molecule has 0 aliphatic carbocycles. The Kier molecular flexibility index (Phi) is 3.73. The molecule has 2 fully saturated rings. The van der Waals surface area contributed by atoms with Gasteiger partial charge in [0, 0.05) is 13.1 Å². The highest BCUT2D eigenvalue weighted by atomic mass is 32.2. The van der Waals surface area contributed by atoms with Gasteiger partial charge in [0.1, 0.15) is 4.90 Å². The predicted molar refractivity (Wildman–Crippen MR) is 84.6 cm³/mol. The average molecular weight is 344 g/mol. The lowest BCUT2D eigenvalue weighted by Gasteiger charge is -2.38. The number of rotatable bonds is 2. The molecule has 1 spiro atoms. The number of nitrogens with zero attached hydrogens (tertiary/aromatic N) is 1. The first-order chi connectivity index (χ1) is 10.2. The monoisotopic (exact) mass is 344 g/mol. The highest BCUT2D eigenvalue weighted by Crippen LogP contribution is 2.41. The van der Waals surface area contributed by atoms with Crippen molar-refractivity contribution < 1.29 is 16.8 Å². The van der Waals surface area contributed by atoms with Gasteiger partial charge in [0.05, 0.1) is 17.2 Å². The fourth-order valence-corrected chi connectivity index (χ4v) is 7.44. The van der Waals surface area contributed by atoms with E-state index >= 15 is 0 Å². The molecule has 2 aliphatic rings. The lowest BCUT2D eigenvalue weighted by molar-refractivity contribution is 0.173. The van der Waals surface area contributed by atoms with Crippen molar-refractivity contribution in [1.82, 2.24) is 4.31 Å². The Morgan fingerprint density at radius 3 is 2.55 bits per heavy atom. The standard InChI is InChI=1S/C14H20N2O4S2/c15-12-4-1-2-5-13(12)22(19,20)16-8-3-6-14(10-16)7-9-21(17,18)11-14/h1-2,4-5H,3,6-11,15H2. The van der Waals surface area contributed by atoms with E-state index in [2.05, 4.69) is 0 Å². The molecule has 122 valence electrons. The van der Waals surface area contributed by atoms with Gasteiger partial charge < -0.3 is 5.73 Å². The number of hydrogen-bond acceptors (Lipinski definition) is 5. The van der Waals surface area contributed by atoms with Crippen LogP contribution in [0.15, 0.2) is 29.2 Å². The van der Waals surface area contributed by atoms with Gasteiger partial charge in [-0.15, -0.1) is 0 Å². The molecule has 1 aromatic rings. The van der Waals surface area contributed by atoms with Gasteiger partial charge in [-0.05, 0) is 36.8 Å². The summed E-state index contributed by atoms with van der Waals surface area (Å²) in [7, 11) is -6.72. The Balaban J connectivity index is 1.91. The summed E-state index contributed by atoms with van der Waals surface area (Å²) in [5.41, 5.74) is 5.60. The summed E-state index contributed by atoms with van der Waals surface area (Å²) in [5.74, 6) is 0.255. The maximum Gasteiger partial charge on any atom is 0.245 e. The predicted octanol–water partition coefficient (Wildman–Crippen LogP) is 0.858. The maximum absolute atomic E-state index is 12.8. The molecule has 0 aromatic heterocycles. The third-order valence-corrected chi connectivity index (χ3v) is 8.43. The van der Waals surface area contributed by atoms with Crippen LogP contribution < -0.4 is 5.73 Å². The van der Waals surface area contributed by atoms with E-state index in [4.69, 9.17) is 5.73 Å². The molecule has 1 atom stereocenters. The number of sulfone groups is 1. The van der Waals surface area contributed by atoms with Gasteiger partial charge in [-0.1, -0.05) is 12.1 Å². The Bertz CT molecular complexity index is 789. The summed E-state index contributed by atoms with van der Waals surface area (Å²) in [6.45, 7) is 0.682. The van der Waals surface area contributed by atoms with Crippen LogP contribution in [0.25, 0.3) is 0 Å². The molecule has 2 aliphatic heterocycles. The van der Waals surface area contributed by atoms with Crippen molar-refractivity contribution in [2.24, 2.45) is 5.41 Å². The third kappa shape index (κ3) is 2.75. The summed E-state index contributed by atoms with van der Waals surface area (Å²) >= 11 is 0. The first kappa shape index (κ1) is 15.8. The van der Waals surface area contributed by atoms with E-state index in [1.165, 1.54) is 10.4 Å². The van der Waals surface area contributed by atoms with Crippen LogP contribution in [-0.2, 0) is 19.9 Å². The van der Waals surface area contributed by atoms with Crippen LogP contribution in [0.5, 0.6) is 0 Å². The molecule has 1 aromatic carbocycles. The van der Waals surface area contributed by atoms with Crippen LogP contribution in [0.4, 0.5) is 5.69 Å². The van der Waals surface area contributed by atoms with Gasteiger partial charge in [-0.25, -0.2) is 16.8 Å². The minimum absolute atomic E-state index is 0.0935. The van der Waals surface area contributed by atoms with Gasteiger partial charge in [0.15, 0.2) is 9.84 Å². The Hall–Kier alpha value is -1.12. The molecule has 2 heterocycles. The molecule has 8 heteroatoms. The Morgan fingerprint density at radius 1 is 1.18 bits per heavy atom. The zero-order valence-corrected chi connectivity index (χ0v) is 13.9. The Labute approximate surface area is 131 Å². The molecule has 0 amide bonds. The van der Waals surface area contributed by atoms with Crippen LogP contribution in [0, 0.1) is 5.41 Å². The van der Waals surface area contributed by atoms with E-state index in [9.17, 15) is 16.8 Å². The van der Waals surface area contributed by atoms with Crippen LogP contribution >= 0.6 is 0 Å². The minimum atomic E-state index is -3.68. The minimum Gasteiger partial charge on any atom is -0.398 e. The highest BCUT2D eigenvalue weighted by Gasteiger charge is 2.47. The summed E-state index contributed by atoms with van der Waals surface area (Å²) in [6, 6.07) is 6.39. The smallest absolute Gasteiger partial charge is 0.245 e. The van der Waals surface area contributed by atoms with Crippen molar-refractivity contribution in [3.8, 4) is 0 Å². The molecule has 6 nitrogen and oxygen atoms in total. The van der Waals surface area contributed by atoms with Gasteiger partial charge in [0.2, 0.25) is 10.0 Å². The highest BCUT2D eigenvalue weighted by molar-refractivity contribution is 7.91. The zero-order chi connectivity index (χ0) is 16.0. The van der Waals surface area contributed by atoms with Crippen molar-refractivity contribution in [2.75, 3.05) is 30.3 Å². The Morgan fingerprint density at radius 2 is 1.91 bits per heavy atom. The zero-order valence-electron chi connectivity index (χ0n) is 12.2. The second kappa shape index (κ2) is 5.21. The number of benzene rings is 1. The molecule has 0 bridgehead atoms. The largest absolute Gasteiger partial charge is 0.398 e. The number of anilines is 1. The number of sulfonamides is 1. The van der Waals surface area contributed by atoms with Crippen molar-refractivity contribution >= 4 is 25.5 Å². The first-order valence-corrected chi connectivity index (χ1v) is 10.6. The van der Waals surface area contributed by atoms with Crippen LogP contribution in [0.2, 0.25) is 0 Å². The molecule has 2 saturated heterocycles.